The van der Waals surface area contributed by atoms with E-state index in [9.17, 15) is 4.79 Å². The molecule has 3 unspecified atom stereocenters. The zero-order chi connectivity index (χ0) is 13.1. The van der Waals surface area contributed by atoms with Gasteiger partial charge in [-0.2, -0.15) is 0 Å². The molecule has 0 bridgehead atoms. The van der Waals surface area contributed by atoms with Gasteiger partial charge < -0.3 is 4.74 Å². The molecular formula is C16H15NO2. The first-order valence-electron chi connectivity index (χ1n) is 6.35. The minimum Gasteiger partial charge on any atom is -0.346 e. The summed E-state index contributed by atoms with van der Waals surface area (Å²) in [6.45, 7) is 0. The van der Waals surface area contributed by atoms with Gasteiger partial charge in [0.15, 0.2) is 12.5 Å². The van der Waals surface area contributed by atoms with Crippen molar-refractivity contribution in [2.75, 3.05) is 0 Å². The van der Waals surface area contributed by atoms with Gasteiger partial charge in [0.25, 0.3) is 0 Å². The van der Waals surface area contributed by atoms with E-state index >= 15 is 0 Å². The van der Waals surface area contributed by atoms with Crippen molar-refractivity contribution >= 4 is 6.29 Å². The maximum atomic E-state index is 11.0. The first-order chi connectivity index (χ1) is 9.38. The normalized spacial score (nSPS) is 26.2. The molecule has 1 aliphatic heterocycles. The summed E-state index contributed by atoms with van der Waals surface area (Å²) in [7, 11) is 0. The minimum absolute atomic E-state index is 0.00111. The zero-order valence-electron chi connectivity index (χ0n) is 10.4. The van der Waals surface area contributed by atoms with Crippen molar-refractivity contribution in [2.24, 2.45) is 0 Å². The molecule has 3 rings (SSSR count). The highest BCUT2D eigenvalue weighted by Gasteiger charge is 2.36. The van der Waals surface area contributed by atoms with Crippen LogP contribution in [0.25, 0.3) is 0 Å². The van der Waals surface area contributed by atoms with E-state index in [1.54, 1.807) is 0 Å². The van der Waals surface area contributed by atoms with Gasteiger partial charge in [-0.15, -0.1) is 0 Å². The molecule has 1 aliphatic rings. The Hall–Kier alpha value is -1.97. The van der Waals surface area contributed by atoms with Crippen molar-refractivity contribution in [1.82, 2.24) is 5.32 Å². The second-order valence-corrected chi connectivity index (χ2v) is 4.58. The number of nitrogens with one attached hydrogen (secondary N) is 1. The van der Waals surface area contributed by atoms with Crippen LogP contribution in [0.3, 0.4) is 0 Å². The van der Waals surface area contributed by atoms with E-state index in [4.69, 9.17) is 4.74 Å². The Morgan fingerprint density at radius 2 is 1.47 bits per heavy atom. The van der Waals surface area contributed by atoms with Gasteiger partial charge in [0.2, 0.25) is 0 Å². The third kappa shape index (κ3) is 2.43. The van der Waals surface area contributed by atoms with Gasteiger partial charge in [-0.1, -0.05) is 60.7 Å². The fraction of sp³-hybridized carbons (Fsp3) is 0.188. The highest BCUT2D eigenvalue weighted by Crippen LogP contribution is 2.37. The molecule has 2 aromatic rings. The van der Waals surface area contributed by atoms with Crippen LogP contribution in [0.4, 0.5) is 0 Å². The standard InChI is InChI=1S/C16H15NO2/c18-11-14-17-15(12-7-3-1-4-8-12)16(19-14)13-9-5-2-6-10-13/h1-11,14-17H. The average Bonchev–Trinajstić information content (AvgIpc) is 2.93. The second kappa shape index (κ2) is 5.34. The zero-order valence-corrected chi connectivity index (χ0v) is 10.4. The summed E-state index contributed by atoms with van der Waals surface area (Å²) in [6, 6.07) is 20.0. The quantitative estimate of drug-likeness (QED) is 0.854. The Morgan fingerprint density at radius 1 is 0.895 bits per heavy atom. The van der Waals surface area contributed by atoms with Crippen LogP contribution in [0, 0.1) is 0 Å². The molecule has 1 heterocycles. The number of hydrogen-bond donors (Lipinski definition) is 1. The molecular weight excluding hydrogens is 238 g/mol. The summed E-state index contributed by atoms with van der Waals surface area (Å²) in [5.74, 6) is 0. The highest BCUT2D eigenvalue weighted by atomic mass is 16.5. The molecule has 0 aromatic heterocycles. The molecule has 0 radical (unpaired) electrons. The van der Waals surface area contributed by atoms with Gasteiger partial charge >= 0.3 is 0 Å². The van der Waals surface area contributed by atoms with E-state index in [2.05, 4.69) is 5.32 Å². The highest BCUT2D eigenvalue weighted by molar-refractivity contribution is 5.56. The Bertz CT molecular complexity index is 494. The minimum atomic E-state index is -0.546. The van der Waals surface area contributed by atoms with Gasteiger partial charge in [0.1, 0.15) is 6.10 Å². The fourth-order valence-electron chi connectivity index (χ4n) is 2.46. The number of ether oxygens (including phenoxy) is 1. The van der Waals surface area contributed by atoms with Crippen molar-refractivity contribution in [3.63, 3.8) is 0 Å². The molecule has 1 fully saturated rings. The Kier molecular flexibility index (Phi) is 3.40. The second-order valence-electron chi connectivity index (χ2n) is 4.58. The largest absolute Gasteiger partial charge is 0.346 e. The SMILES string of the molecule is O=CC1NC(c2ccccc2)C(c2ccccc2)O1. The van der Waals surface area contributed by atoms with E-state index < -0.39 is 6.23 Å². The molecule has 0 spiro atoms. The van der Waals surface area contributed by atoms with Gasteiger partial charge in [0, 0.05) is 0 Å². The topological polar surface area (TPSA) is 38.3 Å². The fourth-order valence-corrected chi connectivity index (χ4v) is 2.46. The van der Waals surface area contributed by atoms with Crippen LogP contribution in [0.15, 0.2) is 60.7 Å². The lowest BCUT2D eigenvalue weighted by molar-refractivity contribution is -0.118. The lowest BCUT2D eigenvalue weighted by Gasteiger charge is -2.18. The summed E-state index contributed by atoms with van der Waals surface area (Å²) in [4.78, 5) is 11.0. The number of carbonyl (C=O) groups excluding carboxylic acids is 1. The predicted molar refractivity (Wildman–Crippen MR) is 72.4 cm³/mol. The molecule has 96 valence electrons. The number of benzene rings is 2. The smallest absolute Gasteiger partial charge is 0.166 e. The molecule has 0 saturated carbocycles. The summed E-state index contributed by atoms with van der Waals surface area (Å²) in [5.41, 5.74) is 2.20. The Labute approximate surface area is 112 Å². The molecule has 2 aromatic carbocycles. The molecule has 3 atom stereocenters. The van der Waals surface area contributed by atoms with Crippen molar-refractivity contribution in [3.8, 4) is 0 Å². The van der Waals surface area contributed by atoms with Crippen LogP contribution in [0.5, 0.6) is 0 Å². The van der Waals surface area contributed by atoms with Crippen LogP contribution in [0.2, 0.25) is 0 Å². The van der Waals surface area contributed by atoms with Crippen molar-refractivity contribution < 1.29 is 9.53 Å². The van der Waals surface area contributed by atoms with E-state index in [1.165, 1.54) is 0 Å². The van der Waals surface area contributed by atoms with Crippen LogP contribution >= 0.6 is 0 Å². The summed E-state index contributed by atoms with van der Waals surface area (Å²) in [6.07, 6.45) is 0.119. The lowest BCUT2D eigenvalue weighted by Crippen LogP contribution is -2.26. The summed E-state index contributed by atoms with van der Waals surface area (Å²) in [5, 5.41) is 3.22. The monoisotopic (exact) mass is 253 g/mol. The molecule has 3 nitrogen and oxygen atoms in total. The Morgan fingerprint density at radius 3 is 2.05 bits per heavy atom. The van der Waals surface area contributed by atoms with Crippen molar-refractivity contribution in [1.29, 1.82) is 0 Å². The lowest BCUT2D eigenvalue weighted by atomic mass is 9.97. The van der Waals surface area contributed by atoms with E-state index in [1.807, 2.05) is 60.7 Å². The van der Waals surface area contributed by atoms with Crippen molar-refractivity contribution in [3.05, 3.63) is 71.8 Å². The summed E-state index contributed by atoms with van der Waals surface area (Å²) < 4.78 is 5.78. The molecule has 1 N–H and O–H groups in total. The molecule has 3 heteroatoms. The van der Waals surface area contributed by atoms with E-state index in [-0.39, 0.29) is 12.1 Å². The predicted octanol–water partition coefficient (Wildman–Crippen LogP) is 2.61. The summed E-state index contributed by atoms with van der Waals surface area (Å²) >= 11 is 0. The van der Waals surface area contributed by atoms with Crippen LogP contribution in [0.1, 0.15) is 23.3 Å². The molecule has 0 amide bonds. The van der Waals surface area contributed by atoms with Gasteiger partial charge in [0.05, 0.1) is 6.04 Å². The molecule has 19 heavy (non-hydrogen) atoms. The first kappa shape index (κ1) is 12.1. The van der Waals surface area contributed by atoms with E-state index in [0.29, 0.717) is 0 Å². The van der Waals surface area contributed by atoms with Crippen LogP contribution in [-0.4, -0.2) is 12.5 Å². The maximum absolute atomic E-state index is 11.0. The third-order valence-electron chi connectivity index (χ3n) is 3.35. The number of carbonyl (C=O) groups is 1. The maximum Gasteiger partial charge on any atom is 0.166 e. The van der Waals surface area contributed by atoms with Crippen LogP contribution < -0.4 is 5.32 Å². The molecule has 0 aliphatic carbocycles. The molecule has 1 saturated heterocycles. The third-order valence-corrected chi connectivity index (χ3v) is 3.35. The van der Waals surface area contributed by atoms with Crippen LogP contribution in [-0.2, 0) is 9.53 Å². The van der Waals surface area contributed by atoms with Gasteiger partial charge in [-0.3, -0.25) is 10.1 Å². The number of rotatable bonds is 3. The first-order valence-corrected chi connectivity index (χ1v) is 6.35. The number of aldehydes is 1. The number of hydrogen-bond acceptors (Lipinski definition) is 3. The van der Waals surface area contributed by atoms with Crippen molar-refractivity contribution in [2.45, 2.75) is 18.4 Å². The Balaban J connectivity index is 1.94. The average molecular weight is 253 g/mol. The van der Waals surface area contributed by atoms with Gasteiger partial charge in [-0.25, -0.2) is 0 Å². The van der Waals surface area contributed by atoms with E-state index in [0.717, 1.165) is 17.4 Å². The van der Waals surface area contributed by atoms with Gasteiger partial charge in [-0.05, 0) is 11.1 Å².